The molecule has 0 bridgehead atoms. The van der Waals surface area contributed by atoms with E-state index in [1.165, 1.54) is 13.2 Å². The highest BCUT2D eigenvalue weighted by Crippen LogP contribution is 2.32. The number of imide groups is 1. The van der Waals surface area contributed by atoms with Crippen molar-refractivity contribution in [3.05, 3.63) is 70.4 Å². The predicted molar refractivity (Wildman–Crippen MR) is 115 cm³/mol. The normalized spacial score (nSPS) is 14.9. The summed E-state index contributed by atoms with van der Waals surface area (Å²) in [5.41, 5.74) is 1.14. The Labute approximate surface area is 183 Å². The zero-order valence-corrected chi connectivity index (χ0v) is 17.6. The van der Waals surface area contributed by atoms with Gasteiger partial charge in [-0.2, -0.15) is 0 Å². The van der Waals surface area contributed by atoms with Crippen molar-refractivity contribution in [1.29, 1.82) is 0 Å². The molecule has 2 aromatic carbocycles. The van der Waals surface area contributed by atoms with Gasteiger partial charge in [0.1, 0.15) is 24.7 Å². The van der Waals surface area contributed by atoms with E-state index < -0.39 is 17.1 Å². The fourth-order valence-corrected chi connectivity index (χ4v) is 3.55. The van der Waals surface area contributed by atoms with Gasteiger partial charge >= 0.3 is 0 Å². The van der Waals surface area contributed by atoms with Crippen molar-refractivity contribution in [2.75, 3.05) is 26.8 Å². The lowest BCUT2D eigenvalue weighted by Crippen LogP contribution is -2.40. The molecule has 3 amide bonds. The first kappa shape index (κ1) is 22.5. The molecule has 31 heavy (non-hydrogen) atoms. The van der Waals surface area contributed by atoms with Crippen LogP contribution < -0.4 is 10.1 Å². The van der Waals surface area contributed by atoms with Gasteiger partial charge in [0, 0.05) is 19.2 Å². The molecule has 2 aromatic rings. The highest BCUT2D eigenvalue weighted by Gasteiger charge is 2.36. The standard InChI is InChI=1S/C22H21FN2O5S/c1-29-11-10-24-20(26)13-25-21(27)19(31-22(25)28)12-15-6-8-17(9-7-15)30-14-16-4-2-3-5-18(16)23/h2-9,12H,10-11,13-14H2,1H3,(H,24,26)/b19-12-. The zero-order chi connectivity index (χ0) is 22.2. The van der Waals surface area contributed by atoms with Gasteiger partial charge in [-0.15, -0.1) is 0 Å². The molecule has 1 aliphatic rings. The fourth-order valence-electron chi connectivity index (χ4n) is 2.72. The van der Waals surface area contributed by atoms with E-state index in [2.05, 4.69) is 5.32 Å². The number of nitrogens with zero attached hydrogens (tertiary/aromatic N) is 1. The second-order valence-electron chi connectivity index (χ2n) is 6.56. The Balaban J connectivity index is 1.58. The average Bonchev–Trinajstić information content (AvgIpc) is 3.02. The van der Waals surface area contributed by atoms with E-state index >= 15 is 0 Å². The van der Waals surface area contributed by atoms with E-state index in [0.717, 1.165) is 16.7 Å². The van der Waals surface area contributed by atoms with Gasteiger partial charge in [0.2, 0.25) is 5.91 Å². The van der Waals surface area contributed by atoms with Crippen LogP contribution in [-0.2, 0) is 20.9 Å². The van der Waals surface area contributed by atoms with E-state index in [1.807, 2.05) is 0 Å². The van der Waals surface area contributed by atoms with Crippen molar-refractivity contribution in [3.8, 4) is 5.75 Å². The van der Waals surface area contributed by atoms with Crippen LogP contribution in [0.5, 0.6) is 5.75 Å². The summed E-state index contributed by atoms with van der Waals surface area (Å²) in [4.78, 5) is 37.6. The Morgan fingerprint density at radius 3 is 2.61 bits per heavy atom. The van der Waals surface area contributed by atoms with Crippen molar-refractivity contribution < 1.29 is 28.2 Å². The smallest absolute Gasteiger partial charge is 0.294 e. The predicted octanol–water partition coefficient (Wildman–Crippen LogP) is 3.20. The molecule has 0 unspecified atom stereocenters. The van der Waals surface area contributed by atoms with Crippen molar-refractivity contribution in [1.82, 2.24) is 10.2 Å². The number of hydrogen-bond donors (Lipinski definition) is 1. The molecule has 0 radical (unpaired) electrons. The third-order valence-corrected chi connectivity index (χ3v) is 5.24. The summed E-state index contributed by atoms with van der Waals surface area (Å²) in [5, 5.41) is 2.08. The number of ether oxygens (including phenoxy) is 2. The lowest BCUT2D eigenvalue weighted by atomic mass is 10.2. The highest BCUT2D eigenvalue weighted by atomic mass is 32.2. The number of amides is 3. The van der Waals surface area contributed by atoms with Gasteiger partial charge in [0.25, 0.3) is 11.1 Å². The van der Waals surface area contributed by atoms with E-state index in [-0.39, 0.29) is 23.9 Å². The van der Waals surface area contributed by atoms with E-state index in [0.29, 0.717) is 30.0 Å². The summed E-state index contributed by atoms with van der Waals surface area (Å²) in [6.07, 6.45) is 1.58. The number of nitrogens with one attached hydrogen (secondary N) is 1. The number of carbonyl (C=O) groups is 3. The summed E-state index contributed by atoms with van der Waals surface area (Å²) in [6.45, 7) is 0.395. The maximum atomic E-state index is 13.7. The Kier molecular flexibility index (Phi) is 7.80. The topological polar surface area (TPSA) is 84.9 Å². The first-order valence-corrected chi connectivity index (χ1v) is 10.3. The van der Waals surface area contributed by atoms with Crippen LogP contribution >= 0.6 is 11.8 Å². The van der Waals surface area contributed by atoms with Crippen LogP contribution in [0.4, 0.5) is 9.18 Å². The first-order valence-electron chi connectivity index (χ1n) is 9.45. The van der Waals surface area contributed by atoms with Crippen molar-refractivity contribution in [2.45, 2.75) is 6.61 Å². The second-order valence-corrected chi connectivity index (χ2v) is 7.55. The summed E-state index contributed by atoms with van der Waals surface area (Å²) in [7, 11) is 1.51. The lowest BCUT2D eigenvalue weighted by Gasteiger charge is -2.12. The van der Waals surface area contributed by atoms with Gasteiger partial charge in [0.05, 0.1) is 11.5 Å². The summed E-state index contributed by atoms with van der Waals surface area (Å²) >= 11 is 0.781. The molecule has 0 aliphatic carbocycles. The van der Waals surface area contributed by atoms with Crippen LogP contribution in [0.3, 0.4) is 0 Å². The molecular formula is C22H21FN2O5S. The average molecular weight is 444 g/mol. The van der Waals surface area contributed by atoms with E-state index in [9.17, 15) is 18.8 Å². The van der Waals surface area contributed by atoms with Gasteiger partial charge < -0.3 is 14.8 Å². The molecule has 162 valence electrons. The maximum Gasteiger partial charge on any atom is 0.294 e. The van der Waals surface area contributed by atoms with Crippen molar-refractivity contribution in [3.63, 3.8) is 0 Å². The van der Waals surface area contributed by atoms with Crippen LogP contribution in [0.15, 0.2) is 53.4 Å². The molecule has 3 rings (SSSR count). The van der Waals surface area contributed by atoms with E-state index in [1.54, 1.807) is 48.5 Å². The molecule has 0 spiro atoms. The molecule has 1 aliphatic heterocycles. The summed E-state index contributed by atoms with van der Waals surface area (Å²) < 4.78 is 24.1. The number of carbonyl (C=O) groups excluding carboxylic acids is 3. The number of halogens is 1. The SMILES string of the molecule is COCCNC(=O)CN1C(=O)S/C(=C\c2ccc(OCc3ccccc3F)cc2)C1=O. The van der Waals surface area contributed by atoms with Crippen molar-refractivity contribution in [2.24, 2.45) is 0 Å². The van der Waals surface area contributed by atoms with Gasteiger partial charge in [0.15, 0.2) is 0 Å². The molecule has 1 N–H and O–H groups in total. The number of methoxy groups -OCH3 is 1. The number of rotatable bonds is 9. The Morgan fingerprint density at radius 1 is 1.16 bits per heavy atom. The lowest BCUT2D eigenvalue weighted by molar-refractivity contribution is -0.129. The molecule has 0 aromatic heterocycles. The maximum absolute atomic E-state index is 13.7. The third kappa shape index (κ3) is 6.16. The monoisotopic (exact) mass is 444 g/mol. The molecule has 1 fully saturated rings. The third-order valence-electron chi connectivity index (χ3n) is 4.33. The van der Waals surface area contributed by atoms with Crippen LogP contribution in [0.1, 0.15) is 11.1 Å². The van der Waals surface area contributed by atoms with Crippen molar-refractivity contribution >= 4 is 34.9 Å². The van der Waals surface area contributed by atoms with E-state index in [4.69, 9.17) is 9.47 Å². The molecule has 1 heterocycles. The summed E-state index contributed by atoms with van der Waals surface area (Å²) in [6, 6.07) is 13.2. The van der Waals surface area contributed by atoms with Gasteiger partial charge in [-0.05, 0) is 41.6 Å². The first-order chi connectivity index (χ1) is 15.0. The van der Waals surface area contributed by atoms with Gasteiger partial charge in [-0.1, -0.05) is 30.3 Å². The zero-order valence-electron chi connectivity index (χ0n) is 16.8. The van der Waals surface area contributed by atoms with Gasteiger partial charge in [-0.25, -0.2) is 4.39 Å². The van der Waals surface area contributed by atoms with Gasteiger partial charge in [-0.3, -0.25) is 19.3 Å². The minimum atomic E-state index is -0.517. The molecular weight excluding hydrogens is 423 g/mol. The van der Waals surface area contributed by atoms with Crippen LogP contribution in [0, 0.1) is 5.82 Å². The summed E-state index contributed by atoms with van der Waals surface area (Å²) in [5.74, 6) is -0.739. The molecule has 9 heteroatoms. The molecule has 0 atom stereocenters. The van der Waals surface area contributed by atoms with Crippen LogP contribution in [-0.4, -0.2) is 48.8 Å². The Bertz CT molecular complexity index is 994. The quantitative estimate of drug-likeness (QED) is 0.472. The fraction of sp³-hybridized carbons (Fsp3) is 0.227. The largest absolute Gasteiger partial charge is 0.489 e. The Hall–Kier alpha value is -3.17. The minimum absolute atomic E-state index is 0.0946. The number of hydrogen-bond acceptors (Lipinski definition) is 6. The number of benzene rings is 2. The molecule has 1 saturated heterocycles. The number of thioether (sulfide) groups is 1. The molecule has 0 saturated carbocycles. The molecule has 7 nitrogen and oxygen atoms in total. The Morgan fingerprint density at radius 2 is 1.90 bits per heavy atom. The van der Waals surface area contributed by atoms with Crippen LogP contribution in [0.25, 0.3) is 6.08 Å². The minimum Gasteiger partial charge on any atom is -0.489 e. The highest BCUT2D eigenvalue weighted by molar-refractivity contribution is 8.18. The van der Waals surface area contributed by atoms with Crippen LogP contribution in [0.2, 0.25) is 0 Å². The second kappa shape index (κ2) is 10.7.